The van der Waals surface area contributed by atoms with Gasteiger partial charge in [0.05, 0.1) is 22.1 Å². The lowest BCUT2D eigenvalue weighted by molar-refractivity contribution is -0.122. The number of imide groups is 1. The predicted octanol–water partition coefficient (Wildman–Crippen LogP) is 4.79. The number of aromatic carboxylic acids is 1. The highest BCUT2D eigenvalue weighted by Gasteiger charge is 2.33. The van der Waals surface area contributed by atoms with Gasteiger partial charge in [-0.05, 0) is 76.1 Å². The van der Waals surface area contributed by atoms with Crippen LogP contribution in [-0.4, -0.2) is 40.8 Å². The maximum atomic E-state index is 12.3. The number of ether oxygens (including phenoxy) is 2. The first kappa shape index (κ1) is 21.9. The molecule has 0 spiro atoms. The molecule has 0 unspecified atom stereocenters. The summed E-state index contributed by atoms with van der Waals surface area (Å²) >= 11 is 4.35. The summed E-state index contributed by atoms with van der Waals surface area (Å²) in [5, 5.41) is 8.82. The molecule has 0 saturated carbocycles. The van der Waals surface area contributed by atoms with Crippen molar-refractivity contribution in [1.82, 2.24) is 4.90 Å². The van der Waals surface area contributed by atoms with Gasteiger partial charge in [-0.15, -0.1) is 0 Å². The number of hydrogen-bond acceptors (Lipinski definition) is 6. The Balaban J connectivity index is 1.84. The van der Waals surface area contributed by atoms with Crippen molar-refractivity contribution in [2.24, 2.45) is 0 Å². The van der Waals surface area contributed by atoms with Crippen LogP contribution < -0.4 is 9.47 Å². The van der Waals surface area contributed by atoms with Crippen molar-refractivity contribution in [1.29, 1.82) is 0 Å². The fourth-order valence-corrected chi connectivity index (χ4v) is 4.31. The van der Waals surface area contributed by atoms with Crippen LogP contribution in [0.2, 0.25) is 0 Å². The molecule has 1 aliphatic rings. The summed E-state index contributed by atoms with van der Waals surface area (Å²) in [6.45, 7) is 2.22. The minimum Gasteiger partial charge on any atom is -0.493 e. The number of carboxylic acids is 1. The first-order valence-electron chi connectivity index (χ1n) is 8.92. The number of benzene rings is 2. The van der Waals surface area contributed by atoms with Gasteiger partial charge in [-0.25, -0.2) is 4.79 Å². The summed E-state index contributed by atoms with van der Waals surface area (Å²) in [7, 11) is 1.49. The molecule has 2 aromatic carbocycles. The predicted molar refractivity (Wildman–Crippen MR) is 117 cm³/mol. The van der Waals surface area contributed by atoms with E-state index >= 15 is 0 Å². The molecule has 1 saturated heterocycles. The molecule has 30 heavy (non-hydrogen) atoms. The van der Waals surface area contributed by atoms with Gasteiger partial charge in [0.15, 0.2) is 11.5 Å². The Morgan fingerprint density at radius 3 is 2.67 bits per heavy atom. The Hall–Kier alpha value is -2.78. The van der Waals surface area contributed by atoms with Crippen LogP contribution >= 0.6 is 27.7 Å². The summed E-state index contributed by atoms with van der Waals surface area (Å²) < 4.78 is 11.9. The molecule has 7 nitrogen and oxygen atoms in total. The molecule has 2 amide bonds. The maximum Gasteiger partial charge on any atom is 0.335 e. The second kappa shape index (κ2) is 9.36. The van der Waals surface area contributed by atoms with E-state index < -0.39 is 5.97 Å². The fraction of sp³-hybridized carbons (Fsp3) is 0.190. The molecule has 1 fully saturated rings. The fourth-order valence-electron chi connectivity index (χ4n) is 2.84. The van der Waals surface area contributed by atoms with E-state index in [2.05, 4.69) is 15.9 Å². The lowest BCUT2D eigenvalue weighted by atomic mass is 10.1. The highest BCUT2D eigenvalue weighted by molar-refractivity contribution is 9.10. The molecular formula is C21H18BrNO6S. The quantitative estimate of drug-likeness (QED) is 0.556. The molecular weight excluding hydrogens is 474 g/mol. The monoisotopic (exact) mass is 491 g/mol. The molecule has 0 atom stereocenters. The Kier molecular flexibility index (Phi) is 6.84. The number of amides is 2. The van der Waals surface area contributed by atoms with E-state index in [1.54, 1.807) is 43.3 Å². The van der Waals surface area contributed by atoms with Crippen molar-refractivity contribution in [3.05, 3.63) is 62.5 Å². The molecule has 1 heterocycles. The number of likely N-dealkylation sites (N-methyl/N-ethyl adjacent to an activating group) is 1. The highest BCUT2D eigenvalue weighted by atomic mass is 79.9. The van der Waals surface area contributed by atoms with Gasteiger partial charge in [-0.2, -0.15) is 0 Å². The Bertz CT molecular complexity index is 1050. The largest absolute Gasteiger partial charge is 0.493 e. The molecule has 0 aliphatic carbocycles. The average molecular weight is 492 g/mol. The number of carboxylic acid groups (broad SMARTS) is 1. The number of methoxy groups -OCH3 is 1. The molecule has 2 aromatic rings. The Morgan fingerprint density at radius 1 is 1.27 bits per heavy atom. The summed E-state index contributed by atoms with van der Waals surface area (Å²) in [6.07, 6.45) is 1.63. The zero-order chi connectivity index (χ0) is 21.8. The number of halogens is 1. The summed E-state index contributed by atoms with van der Waals surface area (Å²) in [6, 6.07) is 9.93. The van der Waals surface area contributed by atoms with Crippen molar-refractivity contribution in [2.45, 2.75) is 13.5 Å². The lowest BCUT2D eigenvalue weighted by Crippen LogP contribution is -2.27. The van der Waals surface area contributed by atoms with Crippen LogP contribution in [0.3, 0.4) is 0 Å². The minimum absolute atomic E-state index is 0.144. The number of carbonyl (C=O) groups excluding carboxylic acids is 2. The van der Waals surface area contributed by atoms with Gasteiger partial charge in [0, 0.05) is 6.54 Å². The van der Waals surface area contributed by atoms with Gasteiger partial charge in [-0.1, -0.05) is 12.1 Å². The van der Waals surface area contributed by atoms with Crippen molar-refractivity contribution in [3.8, 4) is 11.5 Å². The van der Waals surface area contributed by atoms with Crippen LogP contribution in [0.25, 0.3) is 6.08 Å². The molecule has 1 N–H and O–H groups in total. The van der Waals surface area contributed by atoms with E-state index in [0.717, 1.165) is 11.8 Å². The maximum absolute atomic E-state index is 12.3. The van der Waals surface area contributed by atoms with E-state index in [9.17, 15) is 14.4 Å². The van der Waals surface area contributed by atoms with Gasteiger partial charge < -0.3 is 14.6 Å². The summed E-state index contributed by atoms with van der Waals surface area (Å²) in [5.41, 5.74) is 1.54. The van der Waals surface area contributed by atoms with E-state index in [0.29, 0.717) is 38.5 Å². The van der Waals surface area contributed by atoms with Crippen molar-refractivity contribution in [3.63, 3.8) is 0 Å². The van der Waals surface area contributed by atoms with E-state index in [1.165, 1.54) is 18.1 Å². The molecule has 0 aromatic heterocycles. The van der Waals surface area contributed by atoms with Crippen LogP contribution in [0.15, 0.2) is 45.8 Å². The van der Waals surface area contributed by atoms with Crippen LogP contribution in [0, 0.1) is 0 Å². The van der Waals surface area contributed by atoms with E-state index in [-0.39, 0.29) is 23.3 Å². The van der Waals surface area contributed by atoms with E-state index in [1.807, 2.05) is 0 Å². The van der Waals surface area contributed by atoms with Crippen LogP contribution in [-0.2, 0) is 11.4 Å². The van der Waals surface area contributed by atoms with Gasteiger partial charge in [0.25, 0.3) is 11.1 Å². The first-order chi connectivity index (χ1) is 14.3. The standard InChI is InChI=1S/C21H18BrNO6S/c1-3-23-19(24)17(30-21(23)27)10-13-8-15(22)18(16(9-13)28-2)29-11-12-5-4-6-14(7-12)20(25)26/h4-10H,3,11H2,1-2H3,(H,25,26)/b17-10+. The topological polar surface area (TPSA) is 93.1 Å². The number of rotatable bonds is 7. The summed E-state index contributed by atoms with van der Waals surface area (Å²) in [5.74, 6) is -0.453. The average Bonchev–Trinajstić information content (AvgIpc) is 2.99. The Labute approximate surface area is 185 Å². The second-order valence-corrected chi connectivity index (χ2v) is 8.10. The van der Waals surface area contributed by atoms with Crippen molar-refractivity contribution < 1.29 is 29.0 Å². The smallest absolute Gasteiger partial charge is 0.335 e. The molecule has 9 heteroatoms. The molecule has 0 radical (unpaired) electrons. The lowest BCUT2D eigenvalue weighted by Gasteiger charge is -2.14. The minimum atomic E-state index is -1.01. The number of hydrogen-bond donors (Lipinski definition) is 1. The SMILES string of the molecule is CCN1C(=O)S/C(=C/c2cc(Br)c(OCc3cccc(C(=O)O)c3)c(OC)c2)C1=O. The number of carbonyl (C=O) groups is 3. The van der Waals surface area contributed by atoms with Gasteiger partial charge in [0.2, 0.25) is 0 Å². The summed E-state index contributed by atoms with van der Waals surface area (Å²) in [4.78, 5) is 36.8. The van der Waals surface area contributed by atoms with Crippen molar-refractivity contribution in [2.75, 3.05) is 13.7 Å². The van der Waals surface area contributed by atoms with Crippen LogP contribution in [0.1, 0.15) is 28.4 Å². The third-order valence-corrected chi connectivity index (χ3v) is 5.79. The molecule has 0 bridgehead atoms. The third kappa shape index (κ3) is 4.68. The zero-order valence-corrected chi connectivity index (χ0v) is 18.6. The second-order valence-electron chi connectivity index (χ2n) is 6.25. The molecule has 3 rings (SSSR count). The highest BCUT2D eigenvalue weighted by Crippen LogP contribution is 2.39. The van der Waals surface area contributed by atoms with Gasteiger partial charge >= 0.3 is 5.97 Å². The van der Waals surface area contributed by atoms with Crippen LogP contribution in [0.4, 0.5) is 4.79 Å². The molecule has 156 valence electrons. The van der Waals surface area contributed by atoms with Gasteiger partial charge in [0.1, 0.15) is 6.61 Å². The Morgan fingerprint density at radius 2 is 2.03 bits per heavy atom. The third-order valence-electron chi connectivity index (χ3n) is 4.30. The zero-order valence-electron chi connectivity index (χ0n) is 16.2. The van der Waals surface area contributed by atoms with E-state index in [4.69, 9.17) is 14.6 Å². The van der Waals surface area contributed by atoms with Crippen LogP contribution in [0.5, 0.6) is 11.5 Å². The first-order valence-corrected chi connectivity index (χ1v) is 10.5. The number of thioether (sulfide) groups is 1. The normalized spacial score (nSPS) is 15.0. The van der Waals surface area contributed by atoms with Gasteiger partial charge in [-0.3, -0.25) is 14.5 Å². The number of nitrogens with zero attached hydrogens (tertiary/aromatic N) is 1. The molecule has 1 aliphatic heterocycles. The van der Waals surface area contributed by atoms with Crippen molar-refractivity contribution >= 4 is 50.9 Å².